The minimum atomic E-state index is -0.683. The number of carboxylic acid groups (broad SMARTS) is 1. The van der Waals surface area contributed by atoms with Crippen LogP contribution in [0.3, 0.4) is 0 Å². The summed E-state index contributed by atoms with van der Waals surface area (Å²) in [7, 11) is 0. The maximum Gasteiger partial charge on any atom is 0.306 e. The highest BCUT2D eigenvalue weighted by Gasteiger charge is 2.25. The Kier molecular flexibility index (Phi) is 2.88. The van der Waals surface area contributed by atoms with Crippen molar-refractivity contribution in [3.05, 3.63) is 0 Å². The molecule has 0 spiro atoms. The van der Waals surface area contributed by atoms with E-state index in [-0.39, 0.29) is 5.92 Å². The van der Waals surface area contributed by atoms with Crippen molar-refractivity contribution < 1.29 is 14.6 Å². The summed E-state index contributed by atoms with van der Waals surface area (Å²) in [6.07, 6.45) is 1.79. The topological polar surface area (TPSA) is 46.5 Å². The quantitative estimate of drug-likeness (QED) is 0.655. The van der Waals surface area contributed by atoms with Crippen LogP contribution >= 0.6 is 0 Å². The van der Waals surface area contributed by atoms with Gasteiger partial charge >= 0.3 is 5.97 Å². The van der Waals surface area contributed by atoms with E-state index in [0.29, 0.717) is 5.92 Å². The molecule has 1 N–H and O–H groups in total. The van der Waals surface area contributed by atoms with Gasteiger partial charge in [0.2, 0.25) is 0 Å². The van der Waals surface area contributed by atoms with E-state index in [1.165, 1.54) is 0 Å². The van der Waals surface area contributed by atoms with E-state index in [1.807, 2.05) is 0 Å². The van der Waals surface area contributed by atoms with Crippen molar-refractivity contribution >= 4 is 5.97 Å². The summed E-state index contributed by atoms with van der Waals surface area (Å²) in [6, 6.07) is 0. The summed E-state index contributed by atoms with van der Waals surface area (Å²) in [5.41, 5.74) is 0. The van der Waals surface area contributed by atoms with Crippen LogP contribution < -0.4 is 0 Å². The SMILES string of the molecule is CC(C(=O)O)C1CCOCC1. The standard InChI is InChI=1S/C8H14O3/c1-6(8(9)10)7-2-4-11-5-3-7/h6-7H,2-5H2,1H3,(H,9,10). The molecule has 0 aliphatic carbocycles. The number of ether oxygens (including phenoxy) is 1. The van der Waals surface area contributed by atoms with Gasteiger partial charge in [-0.05, 0) is 18.8 Å². The Hall–Kier alpha value is -0.570. The molecule has 0 amide bonds. The van der Waals surface area contributed by atoms with Crippen LogP contribution in [0.1, 0.15) is 19.8 Å². The molecule has 1 unspecified atom stereocenters. The second-order valence-electron chi connectivity index (χ2n) is 3.08. The van der Waals surface area contributed by atoms with Gasteiger partial charge in [0.15, 0.2) is 0 Å². The third-order valence-corrected chi connectivity index (χ3v) is 2.36. The van der Waals surface area contributed by atoms with Gasteiger partial charge in [0.25, 0.3) is 0 Å². The van der Waals surface area contributed by atoms with Crippen LogP contribution in [0.5, 0.6) is 0 Å². The number of aliphatic carboxylic acids is 1. The second-order valence-corrected chi connectivity index (χ2v) is 3.08. The maximum absolute atomic E-state index is 10.6. The molecular formula is C8H14O3. The van der Waals surface area contributed by atoms with Crippen molar-refractivity contribution in [1.82, 2.24) is 0 Å². The van der Waals surface area contributed by atoms with Crippen LogP contribution in [-0.4, -0.2) is 24.3 Å². The molecule has 1 rings (SSSR count). The molecule has 1 aliphatic rings. The van der Waals surface area contributed by atoms with Gasteiger partial charge in [-0.3, -0.25) is 4.79 Å². The van der Waals surface area contributed by atoms with Crippen molar-refractivity contribution in [1.29, 1.82) is 0 Å². The smallest absolute Gasteiger partial charge is 0.306 e. The summed E-state index contributed by atoms with van der Waals surface area (Å²) in [4.78, 5) is 10.6. The first-order chi connectivity index (χ1) is 5.22. The maximum atomic E-state index is 10.6. The molecule has 11 heavy (non-hydrogen) atoms. The monoisotopic (exact) mass is 158 g/mol. The molecule has 1 atom stereocenters. The van der Waals surface area contributed by atoms with Crippen molar-refractivity contribution in [2.75, 3.05) is 13.2 Å². The van der Waals surface area contributed by atoms with E-state index in [1.54, 1.807) is 6.92 Å². The second kappa shape index (κ2) is 3.72. The Balaban J connectivity index is 2.38. The van der Waals surface area contributed by atoms with E-state index >= 15 is 0 Å². The molecule has 0 saturated carbocycles. The van der Waals surface area contributed by atoms with Crippen molar-refractivity contribution in [3.8, 4) is 0 Å². The van der Waals surface area contributed by atoms with E-state index in [2.05, 4.69) is 0 Å². The molecule has 1 fully saturated rings. The average molecular weight is 158 g/mol. The highest BCUT2D eigenvalue weighted by Crippen LogP contribution is 2.23. The molecule has 3 nitrogen and oxygen atoms in total. The molecule has 0 aromatic rings. The Morgan fingerprint density at radius 3 is 2.55 bits per heavy atom. The molecule has 0 bridgehead atoms. The zero-order valence-corrected chi connectivity index (χ0v) is 6.75. The van der Waals surface area contributed by atoms with Gasteiger partial charge in [0, 0.05) is 13.2 Å². The van der Waals surface area contributed by atoms with E-state index in [4.69, 9.17) is 9.84 Å². The highest BCUT2D eigenvalue weighted by molar-refractivity contribution is 5.69. The van der Waals surface area contributed by atoms with Gasteiger partial charge in [0.05, 0.1) is 5.92 Å². The molecule has 0 aromatic heterocycles. The van der Waals surface area contributed by atoms with Gasteiger partial charge in [-0.2, -0.15) is 0 Å². The summed E-state index contributed by atoms with van der Waals surface area (Å²) in [6.45, 7) is 3.23. The predicted octanol–water partition coefficient (Wildman–Crippen LogP) is 1.13. The van der Waals surface area contributed by atoms with Gasteiger partial charge in [0.1, 0.15) is 0 Å². The van der Waals surface area contributed by atoms with Gasteiger partial charge in [-0.25, -0.2) is 0 Å². The van der Waals surface area contributed by atoms with Gasteiger partial charge < -0.3 is 9.84 Å². The van der Waals surface area contributed by atoms with Gasteiger partial charge in [-0.15, -0.1) is 0 Å². The minimum absolute atomic E-state index is 0.209. The van der Waals surface area contributed by atoms with E-state index in [9.17, 15) is 4.79 Å². The summed E-state index contributed by atoms with van der Waals surface area (Å²) in [5, 5.41) is 8.69. The molecule has 0 aromatic carbocycles. The summed E-state index contributed by atoms with van der Waals surface area (Å²) in [5.74, 6) is -0.572. The Bertz CT molecular complexity index is 138. The molecule has 1 saturated heterocycles. The first-order valence-electron chi connectivity index (χ1n) is 4.02. The lowest BCUT2D eigenvalue weighted by Gasteiger charge is -2.24. The number of rotatable bonds is 2. The van der Waals surface area contributed by atoms with Crippen LogP contribution in [0, 0.1) is 11.8 Å². The molecular weight excluding hydrogens is 144 g/mol. The fraction of sp³-hybridized carbons (Fsp3) is 0.875. The van der Waals surface area contributed by atoms with Crippen LogP contribution in [0.25, 0.3) is 0 Å². The van der Waals surface area contributed by atoms with Crippen LogP contribution in [0.2, 0.25) is 0 Å². The largest absolute Gasteiger partial charge is 0.481 e. The molecule has 1 aliphatic heterocycles. The zero-order chi connectivity index (χ0) is 8.27. The van der Waals surface area contributed by atoms with Crippen LogP contribution in [0.15, 0.2) is 0 Å². The summed E-state index contributed by atoms with van der Waals surface area (Å²) >= 11 is 0. The number of carbonyl (C=O) groups is 1. The van der Waals surface area contributed by atoms with Crippen molar-refractivity contribution in [2.24, 2.45) is 11.8 Å². The summed E-state index contributed by atoms with van der Waals surface area (Å²) < 4.78 is 5.14. The van der Waals surface area contributed by atoms with Crippen molar-refractivity contribution in [3.63, 3.8) is 0 Å². The minimum Gasteiger partial charge on any atom is -0.481 e. The van der Waals surface area contributed by atoms with E-state index in [0.717, 1.165) is 26.1 Å². The predicted molar refractivity (Wildman–Crippen MR) is 40.3 cm³/mol. The number of hydrogen-bond donors (Lipinski definition) is 1. The van der Waals surface area contributed by atoms with Crippen LogP contribution in [0.4, 0.5) is 0 Å². The lowest BCUT2D eigenvalue weighted by molar-refractivity contribution is -0.144. The Morgan fingerprint density at radius 2 is 2.09 bits per heavy atom. The molecule has 0 radical (unpaired) electrons. The third kappa shape index (κ3) is 2.19. The van der Waals surface area contributed by atoms with Crippen LogP contribution in [-0.2, 0) is 9.53 Å². The third-order valence-electron chi connectivity index (χ3n) is 2.36. The number of hydrogen-bond acceptors (Lipinski definition) is 2. The molecule has 64 valence electrons. The number of carboxylic acids is 1. The lowest BCUT2D eigenvalue weighted by atomic mass is 9.87. The first-order valence-corrected chi connectivity index (χ1v) is 4.02. The Labute approximate surface area is 66.4 Å². The fourth-order valence-electron chi connectivity index (χ4n) is 1.42. The normalized spacial score (nSPS) is 23.0. The van der Waals surface area contributed by atoms with Gasteiger partial charge in [-0.1, -0.05) is 6.92 Å². The fourth-order valence-corrected chi connectivity index (χ4v) is 1.42. The van der Waals surface area contributed by atoms with E-state index < -0.39 is 5.97 Å². The van der Waals surface area contributed by atoms with Crippen molar-refractivity contribution in [2.45, 2.75) is 19.8 Å². The molecule has 1 heterocycles. The Morgan fingerprint density at radius 1 is 1.55 bits per heavy atom. The first kappa shape index (κ1) is 8.53. The highest BCUT2D eigenvalue weighted by atomic mass is 16.5. The lowest BCUT2D eigenvalue weighted by Crippen LogP contribution is -2.26. The zero-order valence-electron chi connectivity index (χ0n) is 6.75. The molecule has 3 heteroatoms. The average Bonchev–Trinajstić information content (AvgIpc) is 2.05.